The van der Waals surface area contributed by atoms with Gasteiger partial charge in [-0.15, -0.1) is 0 Å². The van der Waals surface area contributed by atoms with Gasteiger partial charge in [-0.3, -0.25) is 4.99 Å². The Balaban J connectivity index is 1.40. The van der Waals surface area contributed by atoms with E-state index >= 15 is 0 Å². The van der Waals surface area contributed by atoms with Crippen LogP contribution < -0.4 is 14.4 Å². The Morgan fingerprint density at radius 1 is 1.06 bits per heavy atom. The SMILES string of the molecule is COc1cc(C=Nc2ccc(N3CCOCC3)cc2)ccc1OCc1cccc(C(=O)O)c1. The number of carbonyl (C=O) groups is 1. The van der Waals surface area contributed by atoms with Crippen LogP contribution in [0.2, 0.25) is 0 Å². The van der Waals surface area contributed by atoms with Crippen LogP contribution >= 0.6 is 0 Å². The number of carboxylic acids is 1. The van der Waals surface area contributed by atoms with Gasteiger partial charge in [-0.2, -0.15) is 0 Å². The van der Waals surface area contributed by atoms with E-state index in [0.717, 1.165) is 43.1 Å². The van der Waals surface area contributed by atoms with Crippen LogP contribution in [-0.2, 0) is 11.3 Å². The van der Waals surface area contributed by atoms with Gasteiger partial charge in [0.15, 0.2) is 11.5 Å². The Hall–Kier alpha value is -3.84. The second-order valence-electron chi connectivity index (χ2n) is 7.58. The molecule has 0 saturated carbocycles. The summed E-state index contributed by atoms with van der Waals surface area (Å²) in [6, 6.07) is 20.4. The van der Waals surface area contributed by atoms with E-state index in [0.29, 0.717) is 11.5 Å². The van der Waals surface area contributed by atoms with Gasteiger partial charge in [0.25, 0.3) is 0 Å². The van der Waals surface area contributed by atoms with Crippen molar-refractivity contribution in [3.8, 4) is 11.5 Å². The summed E-state index contributed by atoms with van der Waals surface area (Å²) in [6.45, 7) is 3.57. The number of benzene rings is 3. The van der Waals surface area contributed by atoms with Crippen molar-refractivity contribution in [2.75, 3.05) is 38.3 Å². The van der Waals surface area contributed by atoms with Crippen molar-refractivity contribution >= 4 is 23.6 Å². The highest BCUT2D eigenvalue weighted by Crippen LogP contribution is 2.29. The van der Waals surface area contributed by atoms with E-state index in [1.165, 1.54) is 5.69 Å². The normalized spacial score (nSPS) is 13.8. The number of carboxylic acid groups (broad SMARTS) is 1. The van der Waals surface area contributed by atoms with Crippen LogP contribution in [-0.4, -0.2) is 50.7 Å². The Kier molecular flexibility index (Phi) is 7.22. The molecule has 0 radical (unpaired) electrons. The average molecular weight is 447 g/mol. The van der Waals surface area contributed by atoms with E-state index in [4.69, 9.17) is 19.3 Å². The summed E-state index contributed by atoms with van der Waals surface area (Å²) in [7, 11) is 1.58. The molecule has 7 heteroatoms. The Bertz CT molecular complexity index is 1120. The largest absolute Gasteiger partial charge is 0.493 e. The molecular formula is C26H26N2O5. The van der Waals surface area contributed by atoms with Crippen molar-refractivity contribution in [1.82, 2.24) is 0 Å². The zero-order valence-electron chi connectivity index (χ0n) is 18.4. The second-order valence-corrected chi connectivity index (χ2v) is 7.58. The maximum atomic E-state index is 11.1. The molecule has 3 aromatic carbocycles. The Labute approximate surface area is 192 Å². The van der Waals surface area contributed by atoms with Crippen LogP contribution in [0.3, 0.4) is 0 Å². The van der Waals surface area contributed by atoms with Gasteiger partial charge < -0.3 is 24.2 Å². The second kappa shape index (κ2) is 10.7. The first kappa shape index (κ1) is 22.4. The van der Waals surface area contributed by atoms with Gasteiger partial charge in [0.05, 0.1) is 31.6 Å². The number of nitrogens with zero attached hydrogens (tertiary/aromatic N) is 2. The molecule has 0 aliphatic carbocycles. The third-order valence-electron chi connectivity index (χ3n) is 5.34. The minimum absolute atomic E-state index is 0.229. The third-order valence-corrected chi connectivity index (χ3v) is 5.34. The molecule has 1 aliphatic heterocycles. The van der Waals surface area contributed by atoms with Crippen molar-refractivity contribution in [2.45, 2.75) is 6.61 Å². The third kappa shape index (κ3) is 5.90. The number of methoxy groups -OCH3 is 1. The molecule has 4 rings (SSSR count). The molecule has 1 saturated heterocycles. The smallest absolute Gasteiger partial charge is 0.335 e. The van der Waals surface area contributed by atoms with E-state index in [-0.39, 0.29) is 12.2 Å². The lowest BCUT2D eigenvalue weighted by molar-refractivity contribution is 0.0696. The van der Waals surface area contributed by atoms with E-state index in [2.05, 4.69) is 22.0 Å². The molecule has 1 N–H and O–H groups in total. The molecule has 0 unspecified atom stereocenters. The lowest BCUT2D eigenvalue weighted by Gasteiger charge is -2.28. The van der Waals surface area contributed by atoms with Crippen molar-refractivity contribution < 1.29 is 24.1 Å². The number of anilines is 1. The van der Waals surface area contributed by atoms with Crippen molar-refractivity contribution in [3.63, 3.8) is 0 Å². The van der Waals surface area contributed by atoms with Gasteiger partial charge in [0.2, 0.25) is 0 Å². The maximum absolute atomic E-state index is 11.1. The molecule has 0 spiro atoms. The number of hydrogen-bond donors (Lipinski definition) is 1. The maximum Gasteiger partial charge on any atom is 0.335 e. The minimum Gasteiger partial charge on any atom is -0.493 e. The summed E-state index contributed by atoms with van der Waals surface area (Å²) < 4.78 is 16.7. The highest BCUT2D eigenvalue weighted by atomic mass is 16.5. The molecular weight excluding hydrogens is 420 g/mol. The fourth-order valence-electron chi connectivity index (χ4n) is 3.56. The van der Waals surface area contributed by atoms with Gasteiger partial charge >= 0.3 is 5.97 Å². The monoisotopic (exact) mass is 446 g/mol. The molecule has 1 fully saturated rings. The number of rotatable bonds is 8. The van der Waals surface area contributed by atoms with Crippen LogP contribution in [0.1, 0.15) is 21.5 Å². The number of ether oxygens (including phenoxy) is 3. The number of aromatic carboxylic acids is 1. The number of morpholine rings is 1. The predicted molar refractivity (Wildman–Crippen MR) is 127 cm³/mol. The molecule has 170 valence electrons. The van der Waals surface area contributed by atoms with Crippen LogP contribution in [0.5, 0.6) is 11.5 Å². The van der Waals surface area contributed by atoms with Crippen LogP contribution in [0.15, 0.2) is 71.7 Å². The van der Waals surface area contributed by atoms with E-state index in [9.17, 15) is 4.79 Å². The molecule has 3 aromatic rings. The molecule has 7 nitrogen and oxygen atoms in total. The first-order valence-electron chi connectivity index (χ1n) is 10.7. The minimum atomic E-state index is -0.964. The molecule has 33 heavy (non-hydrogen) atoms. The van der Waals surface area contributed by atoms with Crippen LogP contribution in [0.25, 0.3) is 0 Å². The van der Waals surface area contributed by atoms with E-state index in [1.54, 1.807) is 31.5 Å². The molecule has 1 aliphatic rings. The van der Waals surface area contributed by atoms with E-state index in [1.807, 2.05) is 36.4 Å². The van der Waals surface area contributed by atoms with Gasteiger partial charge in [-0.1, -0.05) is 12.1 Å². The highest BCUT2D eigenvalue weighted by Gasteiger charge is 2.11. The molecule has 0 aromatic heterocycles. The topological polar surface area (TPSA) is 80.6 Å². The zero-order valence-corrected chi connectivity index (χ0v) is 18.4. The Morgan fingerprint density at radius 3 is 2.58 bits per heavy atom. The van der Waals surface area contributed by atoms with Crippen LogP contribution in [0, 0.1) is 0 Å². The molecule has 0 amide bonds. The molecule has 0 bridgehead atoms. The number of aliphatic imine (C=N–C) groups is 1. The summed E-state index contributed by atoms with van der Waals surface area (Å²) >= 11 is 0. The molecule has 0 atom stereocenters. The summed E-state index contributed by atoms with van der Waals surface area (Å²) in [6.07, 6.45) is 1.78. The molecule has 1 heterocycles. The van der Waals surface area contributed by atoms with Gasteiger partial charge in [0.1, 0.15) is 6.61 Å². The van der Waals surface area contributed by atoms with Gasteiger partial charge in [-0.25, -0.2) is 4.79 Å². The number of hydrogen-bond acceptors (Lipinski definition) is 6. The average Bonchev–Trinajstić information content (AvgIpc) is 2.87. The summed E-state index contributed by atoms with van der Waals surface area (Å²) in [5.74, 6) is 0.190. The van der Waals surface area contributed by atoms with Crippen molar-refractivity contribution in [3.05, 3.63) is 83.4 Å². The van der Waals surface area contributed by atoms with Crippen LogP contribution in [0.4, 0.5) is 11.4 Å². The Morgan fingerprint density at radius 2 is 1.85 bits per heavy atom. The standard InChI is InChI=1S/C26H26N2O5/c1-31-25-16-19(5-10-24(25)33-18-20-3-2-4-21(15-20)26(29)30)17-27-22-6-8-23(9-7-22)28-11-13-32-14-12-28/h2-10,15-17H,11-14,18H2,1H3,(H,29,30). The lowest BCUT2D eigenvalue weighted by Crippen LogP contribution is -2.36. The lowest BCUT2D eigenvalue weighted by atomic mass is 10.1. The fourth-order valence-corrected chi connectivity index (χ4v) is 3.56. The predicted octanol–water partition coefficient (Wildman–Crippen LogP) is 4.56. The van der Waals surface area contributed by atoms with Gasteiger partial charge in [0, 0.05) is 25.0 Å². The van der Waals surface area contributed by atoms with Gasteiger partial charge in [-0.05, 0) is 65.7 Å². The first-order valence-corrected chi connectivity index (χ1v) is 10.7. The van der Waals surface area contributed by atoms with Crippen molar-refractivity contribution in [1.29, 1.82) is 0 Å². The summed E-state index contributed by atoms with van der Waals surface area (Å²) in [4.78, 5) is 18.0. The van der Waals surface area contributed by atoms with E-state index < -0.39 is 5.97 Å². The van der Waals surface area contributed by atoms with Crippen molar-refractivity contribution in [2.24, 2.45) is 4.99 Å². The first-order chi connectivity index (χ1) is 16.1. The fraction of sp³-hybridized carbons (Fsp3) is 0.231. The summed E-state index contributed by atoms with van der Waals surface area (Å²) in [5.41, 5.74) is 3.92. The summed E-state index contributed by atoms with van der Waals surface area (Å²) in [5, 5.41) is 9.13. The quantitative estimate of drug-likeness (QED) is 0.511. The zero-order chi connectivity index (χ0) is 23.0. The highest BCUT2D eigenvalue weighted by molar-refractivity contribution is 5.87.